The van der Waals surface area contributed by atoms with Crippen LogP contribution in [-0.4, -0.2) is 63.0 Å². The number of carbonyl (C=O) groups excluding carboxylic acids is 2. The lowest BCUT2D eigenvalue weighted by atomic mass is 9.80. The molecular formula is C42H66N2O6. The van der Waals surface area contributed by atoms with Crippen molar-refractivity contribution in [3.8, 4) is 0 Å². The molecule has 0 bridgehead atoms. The van der Waals surface area contributed by atoms with Gasteiger partial charge in [-0.3, -0.25) is 19.3 Å². The second kappa shape index (κ2) is 17.8. The first kappa shape index (κ1) is 40.3. The van der Waals surface area contributed by atoms with Crippen molar-refractivity contribution >= 4 is 11.9 Å². The zero-order valence-electron chi connectivity index (χ0n) is 32.4. The van der Waals surface area contributed by atoms with Crippen LogP contribution in [0, 0.1) is 0 Å². The van der Waals surface area contributed by atoms with E-state index in [0.717, 1.165) is 82.6 Å². The fourth-order valence-electron chi connectivity index (χ4n) is 8.57. The lowest BCUT2D eigenvalue weighted by Crippen LogP contribution is -2.62. The van der Waals surface area contributed by atoms with Crippen molar-refractivity contribution < 1.29 is 28.7 Å². The van der Waals surface area contributed by atoms with Crippen LogP contribution >= 0.6 is 0 Å². The summed E-state index contributed by atoms with van der Waals surface area (Å²) in [5, 5.41) is 4.23. The number of piperidine rings is 2. The SMILES string of the molecule is CC1(C)CC(OC(=O)CCCCCCCCC(=O)OC2CC(C)(C)N(OCc3ccccc3)C(C)(C)C2)CC(C)(C)N1OCC1=CCCC=C1. The van der Waals surface area contributed by atoms with Crippen molar-refractivity contribution in [1.82, 2.24) is 10.1 Å². The quantitative estimate of drug-likeness (QED) is 0.118. The molecule has 2 heterocycles. The van der Waals surface area contributed by atoms with E-state index >= 15 is 0 Å². The molecule has 1 aromatic carbocycles. The molecule has 0 radical (unpaired) electrons. The zero-order valence-corrected chi connectivity index (χ0v) is 32.4. The van der Waals surface area contributed by atoms with E-state index in [0.29, 0.717) is 26.1 Å². The molecule has 3 aliphatic rings. The van der Waals surface area contributed by atoms with Crippen molar-refractivity contribution in [2.75, 3.05) is 6.61 Å². The molecular weight excluding hydrogens is 628 g/mol. The number of ether oxygens (including phenoxy) is 2. The molecule has 1 aliphatic carbocycles. The summed E-state index contributed by atoms with van der Waals surface area (Å²) in [5.41, 5.74) is 1.33. The van der Waals surface area contributed by atoms with Gasteiger partial charge in [-0.25, -0.2) is 0 Å². The third-order valence-electron chi connectivity index (χ3n) is 10.4. The molecule has 4 rings (SSSR count). The number of rotatable bonds is 17. The van der Waals surface area contributed by atoms with Crippen LogP contribution in [0.1, 0.15) is 151 Å². The van der Waals surface area contributed by atoms with Crippen LogP contribution in [0.4, 0.5) is 0 Å². The topological polar surface area (TPSA) is 77.5 Å². The minimum absolute atomic E-state index is 0.101. The van der Waals surface area contributed by atoms with Crippen molar-refractivity contribution in [2.45, 2.75) is 186 Å². The Morgan fingerprint density at radius 3 is 1.50 bits per heavy atom. The fourth-order valence-corrected chi connectivity index (χ4v) is 8.57. The molecule has 0 amide bonds. The van der Waals surface area contributed by atoms with E-state index in [1.165, 1.54) is 5.57 Å². The minimum Gasteiger partial charge on any atom is -0.462 e. The molecule has 0 saturated carbocycles. The lowest BCUT2D eigenvalue weighted by molar-refractivity contribution is -0.299. The highest BCUT2D eigenvalue weighted by Crippen LogP contribution is 2.41. The van der Waals surface area contributed by atoms with Crippen LogP contribution in [0.2, 0.25) is 0 Å². The van der Waals surface area contributed by atoms with Crippen LogP contribution < -0.4 is 0 Å². The Kier molecular flexibility index (Phi) is 14.3. The Morgan fingerprint density at radius 1 is 0.620 bits per heavy atom. The van der Waals surface area contributed by atoms with Crippen molar-refractivity contribution in [3.05, 3.63) is 59.7 Å². The zero-order chi connectivity index (χ0) is 36.4. The summed E-state index contributed by atoms with van der Waals surface area (Å²) in [7, 11) is 0. The van der Waals surface area contributed by atoms with Crippen LogP contribution in [-0.2, 0) is 35.3 Å². The maximum Gasteiger partial charge on any atom is 0.306 e. The Labute approximate surface area is 302 Å². The highest BCUT2D eigenvalue weighted by molar-refractivity contribution is 5.70. The molecule has 0 spiro atoms. The number of hydrogen-bond acceptors (Lipinski definition) is 8. The minimum atomic E-state index is -0.266. The average Bonchev–Trinajstić information content (AvgIpc) is 3.01. The van der Waals surface area contributed by atoms with Gasteiger partial charge in [0.2, 0.25) is 0 Å². The smallest absolute Gasteiger partial charge is 0.306 e. The van der Waals surface area contributed by atoms with Gasteiger partial charge in [-0.2, -0.15) is 10.1 Å². The predicted octanol–water partition coefficient (Wildman–Crippen LogP) is 9.58. The van der Waals surface area contributed by atoms with E-state index in [1.54, 1.807) is 0 Å². The molecule has 8 heteroatoms. The summed E-state index contributed by atoms with van der Waals surface area (Å²) in [6.07, 6.45) is 18.1. The van der Waals surface area contributed by atoms with Gasteiger partial charge in [-0.05, 0) is 92.2 Å². The molecule has 0 unspecified atom stereocenters. The van der Waals surface area contributed by atoms with Crippen LogP contribution in [0.3, 0.4) is 0 Å². The Hall–Kier alpha value is -2.52. The van der Waals surface area contributed by atoms with E-state index in [1.807, 2.05) is 18.2 Å². The summed E-state index contributed by atoms with van der Waals surface area (Å²) in [6.45, 7) is 18.4. The summed E-state index contributed by atoms with van der Waals surface area (Å²) in [6, 6.07) is 10.2. The molecule has 8 nitrogen and oxygen atoms in total. The number of unbranched alkanes of at least 4 members (excludes halogenated alkanes) is 5. The molecule has 1 aromatic rings. The summed E-state index contributed by atoms with van der Waals surface area (Å²) >= 11 is 0. The summed E-state index contributed by atoms with van der Waals surface area (Å²) in [4.78, 5) is 38.2. The third kappa shape index (κ3) is 12.0. The second-order valence-electron chi connectivity index (χ2n) is 17.3. The van der Waals surface area contributed by atoms with E-state index < -0.39 is 0 Å². The lowest BCUT2D eigenvalue weighted by Gasteiger charge is -2.53. The standard InChI is InChI=1S/C42H66N2O6/c1-39(2)27-35(28-40(3,4)43(39)47-31-33-21-15-13-16-22-33)49-37(45)25-19-11-9-10-12-20-26-38(46)50-36-29-41(5,6)44(42(7,8)30-36)48-32-34-23-17-14-18-24-34/h13,15-17,21-24,35-36H,9-12,14,18-20,25-32H2,1-8H3. The molecule has 280 valence electrons. The first-order chi connectivity index (χ1) is 23.6. The number of benzene rings is 1. The highest BCUT2D eigenvalue weighted by Gasteiger charge is 2.49. The van der Waals surface area contributed by atoms with Gasteiger partial charge in [0.25, 0.3) is 0 Å². The van der Waals surface area contributed by atoms with Crippen LogP contribution in [0.15, 0.2) is 54.1 Å². The van der Waals surface area contributed by atoms with Gasteiger partial charge >= 0.3 is 11.9 Å². The van der Waals surface area contributed by atoms with Crippen molar-refractivity contribution in [3.63, 3.8) is 0 Å². The van der Waals surface area contributed by atoms with E-state index in [2.05, 4.69) is 95.9 Å². The molecule has 2 saturated heterocycles. The number of nitrogens with zero attached hydrogens (tertiary/aromatic N) is 2. The van der Waals surface area contributed by atoms with Gasteiger partial charge in [-0.1, -0.05) is 74.2 Å². The number of esters is 2. The van der Waals surface area contributed by atoms with E-state index in [-0.39, 0.29) is 46.3 Å². The third-order valence-corrected chi connectivity index (χ3v) is 10.4. The largest absolute Gasteiger partial charge is 0.462 e. The number of allylic oxidation sites excluding steroid dienone is 2. The summed E-state index contributed by atoms with van der Waals surface area (Å²) < 4.78 is 12.0. The number of hydrogen-bond donors (Lipinski definition) is 0. The molecule has 50 heavy (non-hydrogen) atoms. The van der Waals surface area contributed by atoms with Crippen LogP contribution in [0.25, 0.3) is 0 Å². The molecule has 2 aliphatic heterocycles. The summed E-state index contributed by atoms with van der Waals surface area (Å²) in [5.74, 6) is -0.207. The van der Waals surface area contributed by atoms with Gasteiger partial charge in [-0.15, -0.1) is 0 Å². The van der Waals surface area contributed by atoms with Crippen LogP contribution in [0.5, 0.6) is 0 Å². The molecule has 0 atom stereocenters. The monoisotopic (exact) mass is 694 g/mol. The predicted molar refractivity (Wildman–Crippen MR) is 199 cm³/mol. The fraction of sp³-hybridized carbons (Fsp3) is 0.714. The molecule has 0 aromatic heterocycles. The van der Waals surface area contributed by atoms with Crippen molar-refractivity contribution in [2.24, 2.45) is 0 Å². The maximum absolute atomic E-state index is 12.8. The maximum atomic E-state index is 12.8. The Bertz CT molecular complexity index is 1260. The van der Waals surface area contributed by atoms with Crippen molar-refractivity contribution in [1.29, 1.82) is 0 Å². The van der Waals surface area contributed by atoms with Gasteiger partial charge in [0.05, 0.1) is 13.2 Å². The molecule has 2 fully saturated rings. The van der Waals surface area contributed by atoms with Gasteiger partial charge < -0.3 is 9.47 Å². The first-order valence-electron chi connectivity index (χ1n) is 19.2. The number of carbonyl (C=O) groups is 2. The first-order valence-corrected chi connectivity index (χ1v) is 19.2. The van der Waals surface area contributed by atoms with Gasteiger partial charge in [0.15, 0.2) is 0 Å². The number of hydroxylamine groups is 4. The van der Waals surface area contributed by atoms with E-state index in [9.17, 15) is 9.59 Å². The highest BCUT2D eigenvalue weighted by atomic mass is 16.7. The van der Waals surface area contributed by atoms with Gasteiger partial charge in [0.1, 0.15) is 12.2 Å². The average molecular weight is 695 g/mol. The van der Waals surface area contributed by atoms with Gasteiger partial charge in [0, 0.05) is 60.7 Å². The normalized spacial score (nSPS) is 22.2. The van der Waals surface area contributed by atoms with E-state index in [4.69, 9.17) is 19.1 Å². The Balaban J connectivity index is 1.06. The second-order valence-corrected chi connectivity index (χ2v) is 17.3. The Morgan fingerprint density at radius 2 is 1.06 bits per heavy atom. The molecule has 0 N–H and O–H groups in total.